The van der Waals surface area contributed by atoms with E-state index in [1.807, 2.05) is 0 Å². The van der Waals surface area contributed by atoms with Crippen molar-refractivity contribution in [2.24, 2.45) is 10.9 Å². The average molecular weight is 549 g/mol. The van der Waals surface area contributed by atoms with Gasteiger partial charge in [-0.1, -0.05) is 12.1 Å². The molecule has 0 spiro atoms. The lowest BCUT2D eigenvalue weighted by molar-refractivity contribution is 0.00246. The van der Waals surface area contributed by atoms with Gasteiger partial charge in [-0.3, -0.25) is 4.90 Å². The lowest BCUT2D eigenvalue weighted by Gasteiger charge is -2.37. The van der Waals surface area contributed by atoms with E-state index in [2.05, 4.69) is 53.8 Å². The lowest BCUT2D eigenvalue weighted by atomic mass is 9.97. The minimum atomic E-state index is 0. The third-order valence-corrected chi connectivity index (χ3v) is 6.52. The van der Waals surface area contributed by atoms with Gasteiger partial charge in [-0.15, -0.1) is 35.7 Å². The minimum absolute atomic E-state index is 0. The van der Waals surface area contributed by atoms with Crippen LogP contribution in [0.2, 0.25) is 0 Å². The van der Waals surface area contributed by atoms with E-state index >= 15 is 0 Å². The normalized spacial score (nSPS) is 21.2. The Labute approximate surface area is 203 Å². The van der Waals surface area contributed by atoms with E-state index in [0.717, 1.165) is 65.0 Å². The highest BCUT2D eigenvalue weighted by atomic mass is 127. The molecule has 2 saturated heterocycles. The molecule has 0 radical (unpaired) electrons. The quantitative estimate of drug-likeness (QED) is 0.226. The van der Waals surface area contributed by atoms with Crippen LogP contribution in [-0.2, 0) is 16.0 Å². The average Bonchev–Trinajstić information content (AvgIpc) is 3.28. The summed E-state index contributed by atoms with van der Waals surface area (Å²) in [4.78, 5) is 8.74. The smallest absolute Gasteiger partial charge is 0.191 e. The summed E-state index contributed by atoms with van der Waals surface area (Å²) in [7, 11) is 0. The second kappa shape index (κ2) is 13.8. The Morgan fingerprint density at radius 3 is 2.70 bits per heavy atom. The highest BCUT2D eigenvalue weighted by molar-refractivity contribution is 14.0. The molecular weight excluding hydrogens is 511 g/mol. The van der Waals surface area contributed by atoms with Crippen molar-refractivity contribution in [1.29, 1.82) is 0 Å². The number of nitrogens with zero attached hydrogens (tertiary/aromatic N) is 2. The van der Waals surface area contributed by atoms with Crippen molar-refractivity contribution >= 4 is 41.7 Å². The molecule has 2 heterocycles. The Kier molecular flexibility index (Phi) is 11.8. The highest BCUT2D eigenvalue weighted by Gasteiger charge is 2.31. The zero-order valence-corrected chi connectivity index (χ0v) is 21.6. The van der Waals surface area contributed by atoms with E-state index in [-0.39, 0.29) is 24.0 Å². The predicted molar refractivity (Wildman–Crippen MR) is 136 cm³/mol. The SMILES string of the molecule is CCNC(=NCc1ccc(C)cc1SC)NCC(C1CCOC1)N1CCOCC1.I. The molecule has 170 valence electrons. The number of aliphatic imine (C=N–C) groups is 1. The second-order valence-corrected chi connectivity index (χ2v) is 8.58. The molecule has 2 unspecified atom stereocenters. The lowest BCUT2D eigenvalue weighted by Crippen LogP contribution is -2.53. The van der Waals surface area contributed by atoms with Crippen LogP contribution >= 0.6 is 35.7 Å². The summed E-state index contributed by atoms with van der Waals surface area (Å²) in [6.07, 6.45) is 3.26. The summed E-state index contributed by atoms with van der Waals surface area (Å²) in [6.45, 7) is 12.0. The fourth-order valence-electron chi connectivity index (χ4n) is 4.05. The molecule has 0 saturated carbocycles. The largest absolute Gasteiger partial charge is 0.381 e. The second-order valence-electron chi connectivity index (χ2n) is 7.73. The van der Waals surface area contributed by atoms with Gasteiger partial charge in [-0.05, 0) is 43.7 Å². The van der Waals surface area contributed by atoms with Crippen LogP contribution in [0.15, 0.2) is 28.1 Å². The molecule has 6 nitrogen and oxygen atoms in total. The number of rotatable bonds is 8. The topological polar surface area (TPSA) is 58.1 Å². The molecule has 2 aliphatic heterocycles. The number of morpholine rings is 1. The summed E-state index contributed by atoms with van der Waals surface area (Å²) >= 11 is 1.79. The van der Waals surface area contributed by atoms with Crippen molar-refractivity contribution in [3.63, 3.8) is 0 Å². The third kappa shape index (κ3) is 7.55. The van der Waals surface area contributed by atoms with Crippen LogP contribution < -0.4 is 10.6 Å². The van der Waals surface area contributed by atoms with Crippen LogP contribution in [0.3, 0.4) is 0 Å². The molecule has 0 bridgehead atoms. The Morgan fingerprint density at radius 2 is 2.03 bits per heavy atom. The van der Waals surface area contributed by atoms with Crippen LogP contribution in [0.5, 0.6) is 0 Å². The van der Waals surface area contributed by atoms with Gasteiger partial charge in [0.15, 0.2) is 5.96 Å². The van der Waals surface area contributed by atoms with E-state index in [4.69, 9.17) is 14.5 Å². The minimum Gasteiger partial charge on any atom is -0.381 e. The number of hydrogen-bond acceptors (Lipinski definition) is 5. The van der Waals surface area contributed by atoms with Gasteiger partial charge in [0, 0.05) is 49.6 Å². The number of ether oxygens (including phenoxy) is 2. The van der Waals surface area contributed by atoms with Crippen molar-refractivity contribution in [3.05, 3.63) is 29.3 Å². The molecule has 2 N–H and O–H groups in total. The van der Waals surface area contributed by atoms with E-state index in [9.17, 15) is 0 Å². The molecule has 2 aliphatic rings. The standard InChI is InChI=1S/C22H36N4O2S.HI/c1-4-23-22(24-14-18-6-5-17(2)13-21(18)29-3)25-15-20(19-7-10-28-16-19)26-8-11-27-12-9-26;/h5-6,13,19-20H,4,7-12,14-16H2,1-3H3,(H2,23,24,25);1H. The molecule has 2 atom stereocenters. The van der Waals surface area contributed by atoms with E-state index in [1.165, 1.54) is 16.0 Å². The van der Waals surface area contributed by atoms with Gasteiger partial charge in [-0.25, -0.2) is 4.99 Å². The number of halogens is 1. The van der Waals surface area contributed by atoms with Gasteiger partial charge in [0.05, 0.1) is 26.4 Å². The van der Waals surface area contributed by atoms with Gasteiger partial charge in [0.2, 0.25) is 0 Å². The van der Waals surface area contributed by atoms with Gasteiger partial charge < -0.3 is 20.1 Å². The maximum atomic E-state index is 5.69. The van der Waals surface area contributed by atoms with Crippen molar-refractivity contribution in [2.45, 2.75) is 37.8 Å². The first-order valence-corrected chi connectivity index (χ1v) is 12.0. The number of thioether (sulfide) groups is 1. The molecule has 0 amide bonds. The highest BCUT2D eigenvalue weighted by Crippen LogP contribution is 2.23. The van der Waals surface area contributed by atoms with E-state index in [1.54, 1.807) is 11.8 Å². The van der Waals surface area contributed by atoms with Gasteiger partial charge >= 0.3 is 0 Å². The first-order chi connectivity index (χ1) is 14.2. The summed E-state index contributed by atoms with van der Waals surface area (Å²) in [5.41, 5.74) is 2.56. The fraction of sp³-hybridized carbons (Fsp3) is 0.682. The zero-order valence-electron chi connectivity index (χ0n) is 18.5. The number of aryl methyl sites for hydroxylation is 1. The zero-order chi connectivity index (χ0) is 20.5. The Balaban J connectivity index is 0.00000320. The molecule has 8 heteroatoms. The molecule has 1 aromatic rings. The van der Waals surface area contributed by atoms with Gasteiger partial charge in [-0.2, -0.15) is 0 Å². The van der Waals surface area contributed by atoms with Crippen LogP contribution in [0.1, 0.15) is 24.5 Å². The molecular formula is C22H37IN4O2S. The van der Waals surface area contributed by atoms with E-state index < -0.39 is 0 Å². The summed E-state index contributed by atoms with van der Waals surface area (Å²) in [5, 5.41) is 7.02. The maximum absolute atomic E-state index is 5.69. The van der Waals surface area contributed by atoms with Crippen LogP contribution in [-0.4, -0.2) is 75.8 Å². The Morgan fingerprint density at radius 1 is 1.23 bits per heavy atom. The Hall–Kier alpha value is -0.550. The number of hydrogen-bond donors (Lipinski definition) is 2. The monoisotopic (exact) mass is 548 g/mol. The number of nitrogens with one attached hydrogen (secondary N) is 2. The van der Waals surface area contributed by atoms with Crippen molar-refractivity contribution in [1.82, 2.24) is 15.5 Å². The van der Waals surface area contributed by atoms with Crippen LogP contribution in [0.4, 0.5) is 0 Å². The molecule has 1 aromatic carbocycles. The first-order valence-electron chi connectivity index (χ1n) is 10.8. The van der Waals surface area contributed by atoms with Gasteiger partial charge in [0.1, 0.15) is 0 Å². The van der Waals surface area contributed by atoms with Crippen LogP contribution in [0.25, 0.3) is 0 Å². The molecule has 3 rings (SSSR count). The number of benzene rings is 1. The summed E-state index contributed by atoms with van der Waals surface area (Å²) < 4.78 is 11.3. The number of guanidine groups is 1. The van der Waals surface area contributed by atoms with Crippen molar-refractivity contribution in [2.75, 3.05) is 58.9 Å². The Bertz CT molecular complexity index is 665. The predicted octanol–water partition coefficient (Wildman–Crippen LogP) is 3.13. The molecule has 2 fully saturated rings. The maximum Gasteiger partial charge on any atom is 0.191 e. The molecule has 0 aromatic heterocycles. The third-order valence-electron chi connectivity index (χ3n) is 5.70. The van der Waals surface area contributed by atoms with E-state index in [0.29, 0.717) is 18.5 Å². The van der Waals surface area contributed by atoms with Crippen molar-refractivity contribution in [3.8, 4) is 0 Å². The fourth-order valence-corrected chi connectivity index (χ4v) is 4.75. The summed E-state index contributed by atoms with van der Waals surface area (Å²) in [6, 6.07) is 7.05. The summed E-state index contributed by atoms with van der Waals surface area (Å²) in [5.74, 6) is 1.46. The molecule has 30 heavy (non-hydrogen) atoms. The van der Waals surface area contributed by atoms with Gasteiger partial charge in [0.25, 0.3) is 0 Å². The first kappa shape index (κ1) is 25.7. The van der Waals surface area contributed by atoms with Crippen LogP contribution in [0, 0.1) is 12.8 Å². The van der Waals surface area contributed by atoms with Crippen molar-refractivity contribution < 1.29 is 9.47 Å². The molecule has 0 aliphatic carbocycles.